The minimum absolute atomic E-state index is 0.274. The van der Waals surface area contributed by atoms with Gasteiger partial charge in [-0.2, -0.15) is 0 Å². The van der Waals surface area contributed by atoms with Crippen LogP contribution in [0.2, 0.25) is 0 Å². The van der Waals surface area contributed by atoms with Crippen molar-refractivity contribution in [1.29, 1.82) is 0 Å². The van der Waals surface area contributed by atoms with E-state index in [1.165, 1.54) is 25.3 Å². The van der Waals surface area contributed by atoms with Gasteiger partial charge in [-0.25, -0.2) is 12.8 Å². The van der Waals surface area contributed by atoms with Crippen LogP contribution in [0.15, 0.2) is 47.4 Å². The van der Waals surface area contributed by atoms with Crippen LogP contribution in [0.3, 0.4) is 0 Å². The lowest BCUT2D eigenvalue weighted by Gasteiger charge is -2.12. The van der Waals surface area contributed by atoms with Crippen LogP contribution in [0.4, 0.5) is 10.1 Å². The molecule has 6 heteroatoms. The van der Waals surface area contributed by atoms with Gasteiger partial charge in [-0.1, -0.05) is 18.2 Å². The molecule has 0 amide bonds. The highest BCUT2D eigenvalue weighted by Gasteiger charge is 2.20. The van der Waals surface area contributed by atoms with E-state index in [4.69, 9.17) is 4.74 Å². The van der Waals surface area contributed by atoms with E-state index in [0.29, 0.717) is 5.75 Å². The molecular weight excluding hydrogens is 281 g/mol. The molecule has 0 heterocycles. The van der Waals surface area contributed by atoms with Gasteiger partial charge in [0, 0.05) is 0 Å². The van der Waals surface area contributed by atoms with E-state index in [-0.39, 0.29) is 5.69 Å². The van der Waals surface area contributed by atoms with E-state index in [0.717, 1.165) is 11.6 Å². The molecule has 2 rings (SSSR count). The standard InChI is InChI=1S/C14H14FNO3S/c1-10-7-8-13(19-2)12(9-10)16-20(17,18)14-6-4-3-5-11(14)15/h3-9,16H,1-2H3. The summed E-state index contributed by atoms with van der Waals surface area (Å²) in [6.45, 7) is 1.82. The van der Waals surface area contributed by atoms with Gasteiger partial charge in [0.25, 0.3) is 10.0 Å². The van der Waals surface area contributed by atoms with Gasteiger partial charge in [0.2, 0.25) is 0 Å². The molecule has 0 aromatic heterocycles. The Morgan fingerprint density at radius 3 is 2.50 bits per heavy atom. The van der Waals surface area contributed by atoms with E-state index in [1.54, 1.807) is 18.2 Å². The third-order valence-electron chi connectivity index (χ3n) is 2.73. The van der Waals surface area contributed by atoms with Gasteiger partial charge in [0.1, 0.15) is 16.5 Å². The van der Waals surface area contributed by atoms with E-state index >= 15 is 0 Å². The summed E-state index contributed by atoms with van der Waals surface area (Å²) in [6, 6.07) is 10.3. The van der Waals surface area contributed by atoms with Gasteiger partial charge in [-0.15, -0.1) is 0 Å². The second-order valence-corrected chi connectivity index (χ2v) is 5.89. The van der Waals surface area contributed by atoms with Crippen LogP contribution >= 0.6 is 0 Å². The highest BCUT2D eigenvalue weighted by Crippen LogP contribution is 2.28. The first-order valence-corrected chi connectivity index (χ1v) is 7.34. The minimum Gasteiger partial charge on any atom is -0.495 e. The zero-order valence-corrected chi connectivity index (χ0v) is 11.9. The number of benzene rings is 2. The molecule has 2 aromatic rings. The number of nitrogens with one attached hydrogen (secondary N) is 1. The average molecular weight is 295 g/mol. The van der Waals surface area contributed by atoms with Crippen LogP contribution in [0.5, 0.6) is 5.75 Å². The van der Waals surface area contributed by atoms with Crippen molar-refractivity contribution in [3.8, 4) is 5.75 Å². The number of halogens is 1. The Bertz CT molecular complexity index is 729. The summed E-state index contributed by atoms with van der Waals surface area (Å²) in [7, 11) is -2.56. The summed E-state index contributed by atoms with van der Waals surface area (Å²) in [5.74, 6) is -0.429. The van der Waals surface area contributed by atoms with Crippen LogP contribution in [-0.4, -0.2) is 15.5 Å². The van der Waals surface area contributed by atoms with Gasteiger partial charge in [-0.3, -0.25) is 4.72 Å². The Hall–Kier alpha value is -2.08. The second kappa shape index (κ2) is 5.50. The normalized spacial score (nSPS) is 11.2. The average Bonchev–Trinajstić information content (AvgIpc) is 2.39. The zero-order valence-electron chi connectivity index (χ0n) is 11.1. The molecule has 0 atom stereocenters. The number of hydrogen-bond acceptors (Lipinski definition) is 3. The zero-order chi connectivity index (χ0) is 14.8. The molecular formula is C14H14FNO3S. The van der Waals surface area contributed by atoms with Crippen molar-refractivity contribution in [1.82, 2.24) is 0 Å². The number of anilines is 1. The minimum atomic E-state index is -4.00. The summed E-state index contributed by atoms with van der Waals surface area (Å²) in [5, 5.41) is 0. The fraction of sp³-hybridized carbons (Fsp3) is 0.143. The Labute approximate surface area is 117 Å². The monoisotopic (exact) mass is 295 g/mol. The summed E-state index contributed by atoms with van der Waals surface area (Å²) in [5.41, 5.74) is 1.13. The fourth-order valence-corrected chi connectivity index (χ4v) is 2.91. The second-order valence-electron chi connectivity index (χ2n) is 4.24. The first-order chi connectivity index (χ1) is 9.44. The maximum Gasteiger partial charge on any atom is 0.264 e. The topological polar surface area (TPSA) is 55.4 Å². The van der Waals surface area contributed by atoms with Gasteiger partial charge in [0.05, 0.1) is 12.8 Å². The maximum absolute atomic E-state index is 13.6. The molecule has 0 saturated carbocycles. The molecule has 1 N–H and O–H groups in total. The lowest BCUT2D eigenvalue weighted by Crippen LogP contribution is -2.15. The molecule has 4 nitrogen and oxygen atoms in total. The smallest absolute Gasteiger partial charge is 0.264 e. The van der Waals surface area contributed by atoms with Crippen molar-refractivity contribution in [2.24, 2.45) is 0 Å². The number of hydrogen-bond donors (Lipinski definition) is 1. The Morgan fingerprint density at radius 1 is 1.15 bits per heavy atom. The van der Waals surface area contributed by atoms with E-state index in [9.17, 15) is 12.8 Å². The van der Waals surface area contributed by atoms with Crippen molar-refractivity contribution in [3.05, 3.63) is 53.8 Å². The van der Waals surface area contributed by atoms with E-state index in [2.05, 4.69) is 4.72 Å². The van der Waals surface area contributed by atoms with Crippen molar-refractivity contribution in [2.45, 2.75) is 11.8 Å². The quantitative estimate of drug-likeness (QED) is 0.943. The molecule has 0 aliphatic rings. The summed E-state index contributed by atoms with van der Waals surface area (Å²) < 4.78 is 45.4. The molecule has 0 aliphatic heterocycles. The third kappa shape index (κ3) is 2.91. The lowest BCUT2D eigenvalue weighted by atomic mass is 10.2. The summed E-state index contributed by atoms with van der Waals surface area (Å²) >= 11 is 0. The molecule has 106 valence electrons. The fourth-order valence-electron chi connectivity index (χ4n) is 1.76. The molecule has 0 radical (unpaired) electrons. The third-order valence-corrected chi connectivity index (χ3v) is 4.12. The van der Waals surface area contributed by atoms with Gasteiger partial charge in [-0.05, 0) is 36.8 Å². The van der Waals surface area contributed by atoms with E-state index < -0.39 is 20.7 Å². The van der Waals surface area contributed by atoms with Crippen molar-refractivity contribution < 1.29 is 17.5 Å². The van der Waals surface area contributed by atoms with Crippen molar-refractivity contribution in [2.75, 3.05) is 11.8 Å². The molecule has 0 fully saturated rings. The summed E-state index contributed by atoms with van der Waals surface area (Å²) in [4.78, 5) is -0.399. The van der Waals surface area contributed by atoms with E-state index in [1.807, 2.05) is 6.92 Å². The molecule has 0 unspecified atom stereocenters. The first-order valence-electron chi connectivity index (χ1n) is 5.86. The van der Waals surface area contributed by atoms with Gasteiger partial charge < -0.3 is 4.74 Å². The lowest BCUT2D eigenvalue weighted by molar-refractivity contribution is 0.417. The van der Waals surface area contributed by atoms with Crippen LogP contribution in [0.1, 0.15) is 5.56 Å². The number of rotatable bonds is 4. The largest absolute Gasteiger partial charge is 0.495 e. The molecule has 2 aromatic carbocycles. The van der Waals surface area contributed by atoms with Crippen LogP contribution < -0.4 is 9.46 Å². The van der Waals surface area contributed by atoms with Crippen molar-refractivity contribution >= 4 is 15.7 Å². The number of ether oxygens (including phenoxy) is 1. The molecule has 0 bridgehead atoms. The number of sulfonamides is 1. The molecule has 20 heavy (non-hydrogen) atoms. The highest BCUT2D eigenvalue weighted by molar-refractivity contribution is 7.92. The Kier molecular flexibility index (Phi) is 3.94. The van der Waals surface area contributed by atoms with Gasteiger partial charge >= 0.3 is 0 Å². The summed E-state index contributed by atoms with van der Waals surface area (Å²) in [6.07, 6.45) is 0. The number of methoxy groups -OCH3 is 1. The molecule has 0 aliphatic carbocycles. The Balaban J connectivity index is 2.44. The number of aryl methyl sites for hydroxylation is 1. The Morgan fingerprint density at radius 2 is 1.85 bits per heavy atom. The predicted octanol–water partition coefficient (Wildman–Crippen LogP) is 2.94. The first kappa shape index (κ1) is 14.3. The van der Waals surface area contributed by atoms with Crippen LogP contribution in [0.25, 0.3) is 0 Å². The maximum atomic E-state index is 13.6. The predicted molar refractivity (Wildman–Crippen MR) is 74.9 cm³/mol. The molecule has 0 saturated heterocycles. The van der Waals surface area contributed by atoms with Crippen LogP contribution in [0, 0.1) is 12.7 Å². The highest BCUT2D eigenvalue weighted by atomic mass is 32.2. The van der Waals surface area contributed by atoms with Crippen LogP contribution in [-0.2, 0) is 10.0 Å². The van der Waals surface area contributed by atoms with Crippen molar-refractivity contribution in [3.63, 3.8) is 0 Å². The SMILES string of the molecule is COc1ccc(C)cc1NS(=O)(=O)c1ccccc1F. The molecule has 0 spiro atoms. The van der Waals surface area contributed by atoms with Gasteiger partial charge in [0.15, 0.2) is 0 Å².